The third kappa shape index (κ3) is 6.64. The van der Waals surface area contributed by atoms with Gasteiger partial charge in [-0.3, -0.25) is 24.6 Å². The number of nitrogens with two attached hydrogens (primary N) is 1. The number of pyridine rings is 1. The molecule has 44 heavy (non-hydrogen) atoms. The van der Waals surface area contributed by atoms with Crippen molar-refractivity contribution in [1.29, 1.82) is 5.26 Å². The van der Waals surface area contributed by atoms with Gasteiger partial charge < -0.3 is 30.4 Å². The van der Waals surface area contributed by atoms with E-state index >= 15 is 0 Å². The first-order valence-corrected chi connectivity index (χ1v) is 14.6. The molecule has 15 nitrogen and oxygen atoms in total. The number of nitriles is 1. The van der Waals surface area contributed by atoms with Crippen LogP contribution in [0.25, 0.3) is 11.3 Å². The molecule has 0 spiro atoms. The topological polar surface area (TPSA) is 221 Å². The molecule has 4 aliphatic rings. The van der Waals surface area contributed by atoms with Gasteiger partial charge in [-0.05, 0) is 24.6 Å². The maximum absolute atomic E-state index is 13.1. The zero-order valence-electron chi connectivity index (χ0n) is 23.3. The molecule has 4 aliphatic heterocycles. The molecule has 1 fully saturated rings. The molecule has 0 bridgehead atoms. The van der Waals surface area contributed by atoms with Crippen molar-refractivity contribution < 1.29 is 58.7 Å². The number of amides is 3. The molecule has 0 aliphatic carbocycles. The monoisotopic (exact) mass is 643 g/mol. The SMILES string of the molecule is CCO/N=C(\C(=O)N[C@@H]1C(=O)N2C(C(=O)[O-])=C(/C=C/Cn3ccc4nc(C(=O)NC#N)cc-4c3)CS[C@H]12)c1csc(N)n1.[Na+]. The van der Waals surface area contributed by atoms with Crippen LogP contribution in [0.15, 0.2) is 58.5 Å². The van der Waals surface area contributed by atoms with E-state index in [2.05, 4.69) is 20.4 Å². The molecule has 0 unspecified atom stereocenters. The molecule has 18 heteroatoms. The Morgan fingerprint density at radius 2 is 2.14 bits per heavy atom. The molecule has 5 rings (SSSR count). The largest absolute Gasteiger partial charge is 1.00 e. The average molecular weight is 644 g/mol. The number of β-lactam (4-membered cyclic amide) rings is 1. The van der Waals surface area contributed by atoms with Crippen molar-refractivity contribution in [2.75, 3.05) is 18.1 Å². The molecule has 5 heterocycles. The molecule has 1 aromatic heterocycles. The molecule has 220 valence electrons. The number of nitrogens with zero attached hydrogens (tertiary/aromatic N) is 6. The van der Waals surface area contributed by atoms with Gasteiger partial charge in [0.1, 0.15) is 29.4 Å². The number of hydrogen-bond acceptors (Lipinski definition) is 13. The Labute approximate surface area is 280 Å². The second-order valence-corrected chi connectivity index (χ2v) is 11.0. The molecule has 3 amide bonds. The van der Waals surface area contributed by atoms with E-state index in [1.165, 1.54) is 17.1 Å². The minimum absolute atomic E-state index is 0. The fourth-order valence-corrected chi connectivity index (χ4v) is 6.30. The van der Waals surface area contributed by atoms with Crippen molar-refractivity contribution >= 4 is 57.6 Å². The third-order valence-electron chi connectivity index (χ3n) is 6.34. The predicted molar refractivity (Wildman–Crippen MR) is 153 cm³/mol. The Balaban J connectivity index is 0.00000442. The molecular formula is C26H22N9NaO6S2. The van der Waals surface area contributed by atoms with E-state index in [-0.39, 0.29) is 69.8 Å². The van der Waals surface area contributed by atoms with Gasteiger partial charge in [0.25, 0.3) is 17.7 Å². The number of aliphatic carboxylic acids is 1. The van der Waals surface area contributed by atoms with E-state index in [1.54, 1.807) is 54.4 Å². The van der Waals surface area contributed by atoms with Gasteiger partial charge in [0.15, 0.2) is 17.0 Å². The molecule has 2 atom stereocenters. The molecule has 0 aromatic carbocycles. The van der Waals surface area contributed by atoms with Crippen LogP contribution in [0.3, 0.4) is 0 Å². The smallest absolute Gasteiger partial charge is 0.543 e. The number of carbonyl (C=O) groups is 4. The van der Waals surface area contributed by atoms with Crippen LogP contribution in [-0.2, 0) is 25.8 Å². The zero-order valence-corrected chi connectivity index (χ0v) is 27.0. The number of rotatable bonds is 10. The van der Waals surface area contributed by atoms with Crippen molar-refractivity contribution in [2.45, 2.75) is 24.9 Å². The van der Waals surface area contributed by atoms with E-state index in [0.29, 0.717) is 23.4 Å². The Morgan fingerprint density at radius 3 is 2.82 bits per heavy atom. The summed E-state index contributed by atoms with van der Waals surface area (Å²) in [4.78, 5) is 64.5. The van der Waals surface area contributed by atoms with Gasteiger partial charge in [-0.1, -0.05) is 17.3 Å². The molecule has 0 radical (unpaired) electrons. The minimum Gasteiger partial charge on any atom is -0.543 e. The molecule has 4 N–H and O–H groups in total. The van der Waals surface area contributed by atoms with E-state index in [4.69, 9.17) is 15.8 Å². The molecular weight excluding hydrogens is 621 g/mol. The number of nitrogens with one attached hydrogen (secondary N) is 2. The Morgan fingerprint density at radius 1 is 1.34 bits per heavy atom. The van der Waals surface area contributed by atoms with Crippen molar-refractivity contribution in [3.63, 3.8) is 0 Å². The maximum atomic E-state index is 13.1. The summed E-state index contributed by atoms with van der Waals surface area (Å²) in [7, 11) is 0. The van der Waals surface area contributed by atoms with Crippen LogP contribution < -0.4 is 51.0 Å². The number of allylic oxidation sites excluding steroid dienone is 2. The minimum atomic E-state index is -1.51. The van der Waals surface area contributed by atoms with Crippen molar-refractivity contribution in [3.8, 4) is 17.5 Å². The van der Waals surface area contributed by atoms with Gasteiger partial charge in [0.05, 0.1) is 17.4 Å². The molecule has 0 saturated carbocycles. The van der Waals surface area contributed by atoms with Crippen molar-refractivity contribution in [2.24, 2.45) is 5.16 Å². The third-order valence-corrected chi connectivity index (χ3v) is 8.31. The number of carbonyl (C=O) groups excluding carboxylic acids is 4. The number of carboxylic acids is 1. The Hall–Kier alpha value is -4.21. The first-order chi connectivity index (χ1) is 20.7. The number of oxime groups is 1. The summed E-state index contributed by atoms with van der Waals surface area (Å²) in [5.41, 5.74) is 7.19. The quantitative estimate of drug-likeness (QED) is 0.0495. The van der Waals surface area contributed by atoms with Gasteiger partial charge in [-0.2, -0.15) is 5.26 Å². The first kappa shape index (κ1) is 32.7. The average Bonchev–Trinajstić information content (AvgIpc) is 3.61. The summed E-state index contributed by atoms with van der Waals surface area (Å²) in [6, 6.07) is 2.26. The fourth-order valence-electron chi connectivity index (χ4n) is 4.43. The number of hydrogen-bond donors (Lipinski definition) is 3. The normalized spacial score (nSPS) is 17.9. The van der Waals surface area contributed by atoms with Gasteiger partial charge >= 0.3 is 29.6 Å². The van der Waals surface area contributed by atoms with Gasteiger partial charge in [-0.25, -0.2) is 9.97 Å². The number of thiazole rings is 1. The number of nitrogen functional groups attached to an aromatic ring is 1. The van der Waals surface area contributed by atoms with Crippen LogP contribution in [0.5, 0.6) is 0 Å². The molecule has 1 aromatic rings. The van der Waals surface area contributed by atoms with Crippen molar-refractivity contribution in [1.82, 2.24) is 30.1 Å². The summed E-state index contributed by atoms with van der Waals surface area (Å²) in [5.74, 6) is -3.19. The van der Waals surface area contributed by atoms with Crippen LogP contribution in [0.1, 0.15) is 23.1 Å². The number of aromatic nitrogens is 3. The summed E-state index contributed by atoms with van der Waals surface area (Å²) in [6.07, 6.45) is 8.40. The standard InChI is InChI=1S/C26H23N9O6S2.Na/c1-2-41-33-18(17-11-43-26(28)31-17)22(37)32-19-23(38)35-20(25(39)40)13(10-42-24(19)35)4-3-6-34-7-5-15-14(9-34)8-16(30-15)21(36)29-12-27;/h3-5,7-9,11,19,24H,2,6,10H2,1H3,(H2,28,31)(H,29,36)(H,32,37)(H,39,40);/q;+1/p-1/b4-3+,33-18-;/t19-,24-;/m1./s1. The van der Waals surface area contributed by atoms with Gasteiger partial charge in [0.2, 0.25) is 0 Å². The first-order valence-electron chi connectivity index (χ1n) is 12.7. The summed E-state index contributed by atoms with van der Waals surface area (Å²) in [6.45, 7) is 2.23. The number of thioether (sulfide) groups is 1. The van der Waals surface area contributed by atoms with Crippen LogP contribution in [0.4, 0.5) is 5.13 Å². The van der Waals surface area contributed by atoms with Crippen molar-refractivity contribution in [3.05, 3.63) is 64.7 Å². The van der Waals surface area contributed by atoms with E-state index in [1.807, 2.05) is 5.32 Å². The van der Waals surface area contributed by atoms with Crippen LogP contribution in [0, 0.1) is 11.5 Å². The summed E-state index contributed by atoms with van der Waals surface area (Å²) < 4.78 is 1.79. The van der Waals surface area contributed by atoms with E-state index in [9.17, 15) is 24.3 Å². The summed E-state index contributed by atoms with van der Waals surface area (Å²) >= 11 is 2.40. The number of fused-ring (bicyclic) bond motifs is 2. The van der Waals surface area contributed by atoms with E-state index < -0.39 is 35.1 Å². The molecule has 1 saturated heterocycles. The van der Waals surface area contributed by atoms with Gasteiger partial charge in [-0.15, -0.1) is 23.1 Å². The Kier molecular flexibility index (Phi) is 10.4. The second-order valence-electron chi connectivity index (χ2n) is 9.04. The fraction of sp³-hybridized carbons (Fsp3) is 0.231. The predicted octanol–water partition coefficient (Wildman–Crippen LogP) is -3.36. The number of carboxylic acid groups (broad SMARTS) is 1. The van der Waals surface area contributed by atoms with E-state index in [0.717, 1.165) is 16.2 Å². The van der Waals surface area contributed by atoms with Crippen LogP contribution >= 0.6 is 23.1 Å². The zero-order chi connectivity index (χ0) is 30.7. The maximum Gasteiger partial charge on any atom is 1.00 e. The van der Waals surface area contributed by atoms with Crippen LogP contribution in [-0.4, -0.2) is 72.6 Å². The van der Waals surface area contributed by atoms with Gasteiger partial charge in [0, 0.05) is 35.6 Å². The second kappa shape index (κ2) is 14.1. The number of anilines is 1. The summed E-state index contributed by atoms with van der Waals surface area (Å²) in [5, 5.41) is 30.3. The Bertz CT molecular complexity index is 1730. The van der Waals surface area contributed by atoms with Crippen LogP contribution in [0.2, 0.25) is 0 Å².